The summed E-state index contributed by atoms with van der Waals surface area (Å²) in [5.74, 6) is -5.86. The normalized spacial score (nSPS) is 13.9. The van der Waals surface area contributed by atoms with E-state index in [0.717, 1.165) is 0 Å². The standard InChI is InChI=1S/C29H45N9O8S/c1-16(2)23(27(44)36-19(25(42)33-11-12-39)9-6-10-34-29(31)32)38-26(43)20(13-17-7-4-3-5-8-17)37-24(41)18(30)14-22(40)35-21(15-47)28(45)46/h3-5,7-8,12,16,18-21,23,47H,6,9-11,13-15,30H2,1-2H3,(H,33,42)(H,35,40)(H,36,44)(H,37,41)(H,38,43)(H,45,46)(H4,31,32,34)/t18-,19-,20+,21+,23-/m0/s1. The second kappa shape index (κ2) is 21.2. The van der Waals surface area contributed by atoms with Gasteiger partial charge in [-0.1, -0.05) is 44.2 Å². The van der Waals surface area contributed by atoms with Crippen molar-refractivity contribution in [1.29, 1.82) is 0 Å². The van der Waals surface area contributed by atoms with Crippen LogP contribution in [0.4, 0.5) is 0 Å². The fraction of sp³-hybridized carbons (Fsp3) is 0.517. The third kappa shape index (κ3) is 15.4. The minimum absolute atomic E-state index is 0.00791. The molecule has 5 atom stereocenters. The van der Waals surface area contributed by atoms with Crippen molar-refractivity contribution in [2.24, 2.45) is 28.1 Å². The number of carbonyl (C=O) groups is 7. The molecule has 1 aromatic carbocycles. The van der Waals surface area contributed by atoms with Gasteiger partial charge in [0.1, 0.15) is 30.5 Å². The molecule has 1 aromatic rings. The van der Waals surface area contributed by atoms with Crippen LogP contribution in [-0.2, 0) is 40.0 Å². The molecule has 17 nitrogen and oxygen atoms in total. The number of rotatable bonds is 21. The Morgan fingerprint density at radius 3 is 2.09 bits per heavy atom. The maximum atomic E-state index is 13.6. The Morgan fingerprint density at radius 1 is 0.894 bits per heavy atom. The molecule has 12 N–H and O–H groups in total. The third-order valence-electron chi connectivity index (χ3n) is 6.66. The number of aldehydes is 1. The average Bonchev–Trinajstić information content (AvgIpc) is 3.01. The Bertz CT molecular complexity index is 1260. The lowest BCUT2D eigenvalue weighted by Gasteiger charge is -2.27. The molecule has 0 unspecified atom stereocenters. The Morgan fingerprint density at radius 2 is 1.53 bits per heavy atom. The first-order valence-corrected chi connectivity index (χ1v) is 15.4. The van der Waals surface area contributed by atoms with Gasteiger partial charge in [-0.2, -0.15) is 12.6 Å². The van der Waals surface area contributed by atoms with Crippen molar-refractivity contribution < 1.29 is 38.7 Å². The summed E-state index contributed by atoms with van der Waals surface area (Å²) in [6.07, 6.45) is 0.334. The number of nitrogens with zero attached hydrogens (tertiary/aromatic N) is 1. The first-order valence-electron chi connectivity index (χ1n) is 14.8. The van der Waals surface area contributed by atoms with Gasteiger partial charge in [-0.05, 0) is 24.3 Å². The van der Waals surface area contributed by atoms with Gasteiger partial charge in [0.05, 0.1) is 19.0 Å². The van der Waals surface area contributed by atoms with Gasteiger partial charge in [0, 0.05) is 18.7 Å². The quantitative estimate of drug-likeness (QED) is 0.0204. The van der Waals surface area contributed by atoms with Crippen LogP contribution >= 0.6 is 12.6 Å². The Hall–Kier alpha value is -4.71. The average molecular weight is 680 g/mol. The van der Waals surface area contributed by atoms with Crippen LogP contribution in [0.1, 0.15) is 38.7 Å². The molecule has 18 heteroatoms. The highest BCUT2D eigenvalue weighted by molar-refractivity contribution is 7.80. The molecule has 0 spiro atoms. The molecule has 5 amide bonds. The first kappa shape index (κ1) is 40.3. The van der Waals surface area contributed by atoms with Gasteiger partial charge in [-0.3, -0.25) is 29.0 Å². The van der Waals surface area contributed by atoms with E-state index in [1.165, 1.54) is 0 Å². The molecule has 1 rings (SSSR count). The molecule has 0 saturated carbocycles. The number of carboxylic acids is 1. The zero-order valence-electron chi connectivity index (χ0n) is 26.3. The van der Waals surface area contributed by atoms with Crippen LogP contribution in [0.25, 0.3) is 0 Å². The van der Waals surface area contributed by atoms with Gasteiger partial charge in [0.25, 0.3) is 0 Å². The summed E-state index contributed by atoms with van der Waals surface area (Å²) in [7, 11) is 0. The molecular formula is C29H45N9O8S. The Balaban J connectivity index is 3.12. The summed E-state index contributed by atoms with van der Waals surface area (Å²) in [5.41, 5.74) is 17.3. The summed E-state index contributed by atoms with van der Waals surface area (Å²) in [6.45, 7) is 3.24. The second-order valence-electron chi connectivity index (χ2n) is 10.9. The Kier molecular flexibility index (Phi) is 18.1. The number of carbonyl (C=O) groups excluding carboxylic acids is 6. The molecule has 0 heterocycles. The molecule has 0 fully saturated rings. The molecule has 0 aliphatic heterocycles. The summed E-state index contributed by atoms with van der Waals surface area (Å²) in [6, 6.07) is 2.46. The van der Waals surface area contributed by atoms with Crippen molar-refractivity contribution in [1.82, 2.24) is 26.6 Å². The lowest BCUT2D eigenvalue weighted by atomic mass is 10.00. The van der Waals surface area contributed by atoms with Crippen molar-refractivity contribution in [3.8, 4) is 0 Å². The lowest BCUT2D eigenvalue weighted by molar-refractivity contribution is -0.141. The lowest BCUT2D eigenvalue weighted by Crippen LogP contribution is -2.59. The van der Waals surface area contributed by atoms with E-state index in [4.69, 9.17) is 22.3 Å². The minimum atomic E-state index is -1.44. The molecule has 47 heavy (non-hydrogen) atoms. The number of carboxylic acid groups (broad SMARTS) is 1. The first-order chi connectivity index (χ1) is 22.2. The van der Waals surface area contributed by atoms with Crippen LogP contribution in [0.3, 0.4) is 0 Å². The van der Waals surface area contributed by atoms with E-state index >= 15 is 0 Å². The topological polar surface area (TPSA) is 290 Å². The molecule has 0 aliphatic rings. The molecule has 0 bridgehead atoms. The highest BCUT2D eigenvalue weighted by Crippen LogP contribution is 2.09. The monoisotopic (exact) mass is 679 g/mol. The van der Waals surface area contributed by atoms with E-state index in [1.807, 2.05) is 0 Å². The number of hydrogen-bond donors (Lipinski definition) is 10. The van der Waals surface area contributed by atoms with Crippen LogP contribution in [0.2, 0.25) is 0 Å². The second-order valence-corrected chi connectivity index (χ2v) is 11.2. The van der Waals surface area contributed by atoms with Gasteiger partial charge < -0.3 is 53.7 Å². The van der Waals surface area contributed by atoms with E-state index in [9.17, 15) is 33.6 Å². The van der Waals surface area contributed by atoms with Crippen molar-refractivity contribution in [3.05, 3.63) is 35.9 Å². The van der Waals surface area contributed by atoms with Crippen LogP contribution < -0.4 is 43.8 Å². The third-order valence-corrected chi connectivity index (χ3v) is 7.02. The number of thiol groups is 1. The minimum Gasteiger partial charge on any atom is -0.480 e. The van der Waals surface area contributed by atoms with Gasteiger partial charge in [-0.25, -0.2) is 4.79 Å². The van der Waals surface area contributed by atoms with Crippen LogP contribution in [0.15, 0.2) is 35.3 Å². The smallest absolute Gasteiger partial charge is 0.327 e. The zero-order chi connectivity index (χ0) is 35.5. The molecule has 0 aromatic heterocycles. The van der Waals surface area contributed by atoms with Crippen LogP contribution in [0.5, 0.6) is 0 Å². The summed E-state index contributed by atoms with van der Waals surface area (Å²) in [4.78, 5) is 90.8. The number of aliphatic imine (C=N–C) groups is 1. The van der Waals surface area contributed by atoms with Crippen molar-refractivity contribution >= 4 is 60.4 Å². The van der Waals surface area contributed by atoms with Crippen molar-refractivity contribution in [2.45, 2.75) is 69.7 Å². The van der Waals surface area contributed by atoms with Gasteiger partial charge in [0.2, 0.25) is 29.5 Å². The predicted octanol–water partition coefficient (Wildman–Crippen LogP) is -3.08. The highest BCUT2D eigenvalue weighted by atomic mass is 32.1. The van der Waals surface area contributed by atoms with E-state index < -0.39 is 78.1 Å². The summed E-state index contributed by atoms with van der Waals surface area (Å²) < 4.78 is 0. The molecule has 260 valence electrons. The van der Waals surface area contributed by atoms with E-state index in [2.05, 4.69) is 44.2 Å². The molecular weight excluding hydrogens is 634 g/mol. The number of hydrogen-bond acceptors (Lipinski definition) is 10. The number of nitrogens with one attached hydrogen (secondary N) is 5. The maximum Gasteiger partial charge on any atom is 0.327 e. The van der Waals surface area contributed by atoms with Gasteiger partial charge in [0.15, 0.2) is 5.96 Å². The zero-order valence-corrected chi connectivity index (χ0v) is 27.2. The summed E-state index contributed by atoms with van der Waals surface area (Å²) in [5, 5.41) is 21.5. The highest BCUT2D eigenvalue weighted by Gasteiger charge is 2.32. The number of benzene rings is 1. The van der Waals surface area contributed by atoms with Crippen molar-refractivity contribution in [2.75, 3.05) is 18.8 Å². The number of aliphatic carboxylic acids is 1. The largest absolute Gasteiger partial charge is 0.480 e. The maximum absolute atomic E-state index is 13.6. The number of nitrogens with two attached hydrogens (primary N) is 3. The van der Waals surface area contributed by atoms with Crippen LogP contribution in [-0.4, -0.2) is 102 Å². The van der Waals surface area contributed by atoms with E-state index in [1.54, 1.807) is 44.2 Å². The van der Waals surface area contributed by atoms with E-state index in [-0.39, 0.29) is 37.6 Å². The number of guanidine groups is 1. The fourth-order valence-corrected chi connectivity index (χ4v) is 4.40. The van der Waals surface area contributed by atoms with Gasteiger partial charge in [-0.15, -0.1) is 0 Å². The SMILES string of the molecule is CC(C)[C@H](NC(=O)[C@@H](Cc1ccccc1)NC(=O)[C@@H](N)CC(=O)N[C@H](CS)C(=O)O)C(=O)N[C@@H](CCCN=C(N)N)C(=O)NCC=O. The Labute approximate surface area is 278 Å². The van der Waals surface area contributed by atoms with Gasteiger partial charge >= 0.3 is 5.97 Å². The fourth-order valence-electron chi connectivity index (χ4n) is 4.16. The molecule has 0 radical (unpaired) electrons. The molecule has 0 saturated heterocycles. The molecule has 0 aliphatic carbocycles. The predicted molar refractivity (Wildman–Crippen MR) is 176 cm³/mol. The summed E-state index contributed by atoms with van der Waals surface area (Å²) >= 11 is 3.87. The number of amides is 5. The van der Waals surface area contributed by atoms with E-state index in [0.29, 0.717) is 18.3 Å². The van der Waals surface area contributed by atoms with Crippen LogP contribution in [0, 0.1) is 5.92 Å². The van der Waals surface area contributed by atoms with Crippen molar-refractivity contribution in [3.63, 3.8) is 0 Å².